The van der Waals surface area contributed by atoms with Gasteiger partial charge in [-0.05, 0) is 198 Å². The highest BCUT2D eigenvalue weighted by Gasteiger charge is 2.53. The lowest BCUT2D eigenvalue weighted by atomic mass is 10.4. The summed E-state index contributed by atoms with van der Waals surface area (Å²) < 4.78 is 70.9. The van der Waals surface area contributed by atoms with E-state index in [0.717, 1.165) is 20.7 Å². The van der Waals surface area contributed by atoms with Gasteiger partial charge in [-0.1, -0.05) is 243 Å². The van der Waals surface area contributed by atoms with Crippen molar-refractivity contribution in [3.05, 3.63) is 146 Å². The lowest BCUT2D eigenvalue weighted by Crippen LogP contribution is -2.71. The minimum absolute atomic E-state index is 0. The van der Waals surface area contributed by atoms with Gasteiger partial charge in [0.25, 0.3) is 9.28 Å². The molecule has 1 atom stereocenters. The second-order valence-corrected chi connectivity index (χ2v) is 81.1. The Morgan fingerprint density at radius 3 is 0.781 bits per heavy atom. The molecule has 576 valence electrons. The van der Waals surface area contributed by atoms with Crippen molar-refractivity contribution in [3.63, 3.8) is 0 Å². The summed E-state index contributed by atoms with van der Waals surface area (Å²) in [6.07, 6.45) is 0. The Labute approximate surface area is 623 Å². The fourth-order valence-corrected chi connectivity index (χ4v) is 64.4. The van der Waals surface area contributed by atoms with E-state index < -0.39 is 120 Å². The zero-order chi connectivity index (χ0) is 63.5. The maximum atomic E-state index is 7.08. The van der Waals surface area contributed by atoms with Crippen LogP contribution in [0.3, 0.4) is 0 Å². The maximum Gasteiger partial charge on any atom is 0.388 e. The molecule has 0 N–H and O–H groups in total. The van der Waals surface area contributed by atoms with E-state index in [1.165, 1.54) is 0 Å². The quantitative estimate of drug-likeness (QED) is 0.0508. The van der Waals surface area contributed by atoms with E-state index in [0.29, 0.717) is 0 Å². The molecule has 0 aliphatic heterocycles. The van der Waals surface area contributed by atoms with Crippen LogP contribution in [0.5, 0.6) is 0 Å². The van der Waals surface area contributed by atoms with Gasteiger partial charge in [-0.2, -0.15) is 0 Å². The van der Waals surface area contributed by atoms with Gasteiger partial charge in [0, 0.05) is 0 Å². The molecule has 0 amide bonds. The summed E-state index contributed by atoms with van der Waals surface area (Å²) in [6, 6.07) is 41.7. The number of hydrogen-bond donors (Lipinski definition) is 0. The summed E-state index contributed by atoms with van der Waals surface area (Å²) in [5.41, 5.74) is 3.94. The predicted molar refractivity (Wildman–Crippen MR) is 487 cm³/mol. The van der Waals surface area contributed by atoms with E-state index in [1.807, 2.05) is 59.9 Å². The molecule has 1 unspecified atom stereocenters. The summed E-state index contributed by atoms with van der Waals surface area (Å²) >= 11 is 0. The zero-order valence-corrected chi connectivity index (χ0v) is 72.2. The Morgan fingerprint density at radius 2 is 0.542 bits per heavy atom. The van der Waals surface area contributed by atoms with E-state index in [-0.39, 0.29) is 114 Å². The maximum absolute atomic E-state index is 7.08. The second kappa shape index (κ2) is 53.9. The van der Waals surface area contributed by atoms with Gasteiger partial charge in [0.15, 0.2) is 50.6 Å². The first kappa shape index (κ1) is 128. The molecule has 0 radical (unpaired) electrons. The zero-order valence-electron chi connectivity index (χ0n) is 56.5. The van der Waals surface area contributed by atoms with Crippen molar-refractivity contribution in [2.45, 2.75) is 287 Å². The van der Waals surface area contributed by atoms with Gasteiger partial charge in [0.2, 0.25) is 8.32 Å². The lowest BCUT2D eigenvalue weighted by Gasteiger charge is -2.43. The molecule has 4 aromatic carbocycles. The van der Waals surface area contributed by atoms with Crippen LogP contribution in [0.25, 0.3) is 0 Å². The van der Waals surface area contributed by atoms with E-state index >= 15 is 0 Å². The average molecular weight is 1610 g/mol. The monoisotopic (exact) mass is 1610 g/mol. The van der Waals surface area contributed by atoms with Crippen molar-refractivity contribution in [1.29, 1.82) is 0 Å². The summed E-state index contributed by atoms with van der Waals surface area (Å²) in [6.45, 7) is 69.0. The highest BCUT2D eigenvalue weighted by Crippen LogP contribution is 2.27. The third-order valence-corrected chi connectivity index (χ3v) is 59.0. The van der Waals surface area contributed by atoms with Gasteiger partial charge in [0.1, 0.15) is 9.76 Å². The fraction of sp³-hybridized carbons (Fsp3) is 0.600. The minimum atomic E-state index is -3.04. The SMILES string of the molecule is C.C.C.C.C.C.C.C.C.C.C.C.C.C.C=C[Si](C)(C)O[Si](C)(C)O[Si](O[Si](C)(C)C=C)(c1ccccc1)c1ccccc1.C[SiH2]O[Si](C)(C)O[SiH](C)C.C[SiH](O[Si](C)(C)C)O[Si](C)(C)O[Si](C)(C)C.C[Si](C)(C)O[Si](C)(C)O[Si](O[Si](C)(C)C)(c1ccccc1)c1ccccc1. The Kier molecular flexibility index (Phi) is 71.9. The Balaban J connectivity index is -0.0000000783. The molecular formula is C70H170O11Si15. The standard InChI is InChI=1S/C22H34O3Si4.C20H34O3Si4.C9H28O3Si4.C5H18O2Si3.14CH4/c1-9-26(3,4)23-28(7,8)25-29(24-27(5,6)10-2,21-17-13-11-14-18-21)22-19-15-12-16-20-22;1-24(2,3)21-26(7,8)23-27(22-25(4,5)6,19-15-11-9-12-16-19)20-17-13-10-14-18-20;1-13(10-14(2,3)4)11-16(8,9)12-15(5,6)7;1-8-6-10(4,5)7-9(2)3;;;;;;;;;;;;;;/h9-20H,1-2H2,3-8H3;9-18H,1-8H3;13H,1-9H3;9H,8H2,1-5H3;14*1H4. The van der Waals surface area contributed by atoms with Gasteiger partial charge >= 0.3 is 51.4 Å². The molecule has 96 heavy (non-hydrogen) atoms. The molecular weight excluding hydrogens is 1440 g/mol. The second-order valence-electron chi connectivity index (χ2n) is 27.5. The molecule has 0 bridgehead atoms. The van der Waals surface area contributed by atoms with E-state index in [1.54, 1.807) is 0 Å². The van der Waals surface area contributed by atoms with Crippen molar-refractivity contribution < 1.29 is 45.3 Å². The Morgan fingerprint density at radius 1 is 0.292 bits per heavy atom. The molecule has 11 nitrogen and oxygen atoms in total. The normalized spacial score (nSPS) is 12.0. The lowest BCUT2D eigenvalue weighted by molar-refractivity contribution is 0.341. The van der Waals surface area contributed by atoms with Gasteiger partial charge < -0.3 is 45.3 Å². The highest BCUT2D eigenvalue weighted by molar-refractivity contribution is 7.04. The molecule has 0 spiro atoms. The number of hydrogen-bond acceptors (Lipinski definition) is 11. The van der Waals surface area contributed by atoms with Crippen LogP contribution >= 0.6 is 0 Å². The van der Waals surface area contributed by atoms with Crippen LogP contribution in [0.15, 0.2) is 146 Å². The Bertz CT molecular complexity index is 2380. The topological polar surface area (TPSA) is 102 Å². The van der Waals surface area contributed by atoms with E-state index in [9.17, 15) is 0 Å². The van der Waals surface area contributed by atoms with Crippen LogP contribution in [0, 0.1) is 0 Å². The average Bonchev–Trinajstić information content (AvgIpc) is 3.29. The molecule has 4 rings (SSSR count). The summed E-state index contributed by atoms with van der Waals surface area (Å²) in [5, 5.41) is 4.49. The molecule has 0 heterocycles. The fourth-order valence-electron chi connectivity index (χ4n) is 9.10. The molecule has 0 fully saturated rings. The predicted octanol–water partition coefficient (Wildman–Crippen LogP) is 22.5. The smallest absolute Gasteiger partial charge is 0.388 e. The van der Waals surface area contributed by atoms with Crippen LogP contribution in [0.1, 0.15) is 104 Å². The van der Waals surface area contributed by atoms with Crippen molar-refractivity contribution >= 4 is 150 Å². The van der Waals surface area contributed by atoms with Crippen LogP contribution in [-0.4, -0.2) is 129 Å². The van der Waals surface area contributed by atoms with Crippen molar-refractivity contribution in [2.24, 2.45) is 0 Å². The van der Waals surface area contributed by atoms with Crippen LogP contribution in [0.2, 0.25) is 183 Å². The summed E-state index contributed by atoms with van der Waals surface area (Å²) in [7, 11) is -28.0. The van der Waals surface area contributed by atoms with Crippen molar-refractivity contribution in [3.8, 4) is 0 Å². The summed E-state index contributed by atoms with van der Waals surface area (Å²) in [4.78, 5) is 0. The number of rotatable bonds is 28. The Hall–Kier alpha value is -0.827. The van der Waals surface area contributed by atoms with Gasteiger partial charge in [0.05, 0.1) is 0 Å². The molecule has 26 heteroatoms. The molecule has 0 aromatic heterocycles. The van der Waals surface area contributed by atoms with Gasteiger partial charge in [-0.15, -0.1) is 13.2 Å². The molecule has 0 aliphatic rings. The van der Waals surface area contributed by atoms with Crippen molar-refractivity contribution in [2.75, 3.05) is 0 Å². The third kappa shape index (κ3) is 53.0. The van der Waals surface area contributed by atoms with Crippen molar-refractivity contribution in [1.82, 2.24) is 0 Å². The van der Waals surface area contributed by atoms with E-state index in [2.05, 4.69) is 269 Å². The first-order valence-corrected chi connectivity index (χ1v) is 70.5. The van der Waals surface area contributed by atoms with Crippen LogP contribution in [0.4, 0.5) is 0 Å². The highest BCUT2D eigenvalue weighted by atomic mass is 28.5. The third-order valence-electron chi connectivity index (χ3n) is 10.8. The molecule has 4 aromatic rings. The number of benzene rings is 4. The van der Waals surface area contributed by atoms with Crippen LogP contribution in [-0.2, 0) is 45.3 Å². The van der Waals surface area contributed by atoms with Gasteiger partial charge in [-0.25, -0.2) is 0 Å². The largest absolute Gasteiger partial charge is 0.442 e. The minimum Gasteiger partial charge on any atom is -0.442 e. The molecule has 0 aliphatic carbocycles. The first-order valence-electron chi connectivity index (χ1n) is 29.1. The molecule has 0 saturated heterocycles. The van der Waals surface area contributed by atoms with E-state index in [4.69, 9.17) is 45.3 Å². The summed E-state index contributed by atoms with van der Waals surface area (Å²) in [5.74, 6) is 0. The molecule has 0 saturated carbocycles. The van der Waals surface area contributed by atoms with Crippen LogP contribution < -0.4 is 20.7 Å². The van der Waals surface area contributed by atoms with Gasteiger partial charge in [-0.3, -0.25) is 0 Å². The first-order chi connectivity index (χ1) is 37.1.